The fraction of sp³-hybridized carbons (Fsp3) is 1.00. The second-order valence-electron chi connectivity index (χ2n) is 7.29. The van der Waals surface area contributed by atoms with Gasteiger partial charge in [0, 0.05) is 17.8 Å². The van der Waals surface area contributed by atoms with Crippen LogP contribution in [-0.2, 0) is 0 Å². The van der Waals surface area contributed by atoms with Crippen LogP contribution in [0.4, 0.5) is 0 Å². The first-order chi connectivity index (χ1) is 8.57. The summed E-state index contributed by atoms with van der Waals surface area (Å²) in [6.07, 6.45) is 10.1. The van der Waals surface area contributed by atoms with Gasteiger partial charge >= 0.3 is 0 Å². The fourth-order valence-corrected chi connectivity index (χ4v) is 4.98. The Morgan fingerprint density at radius 2 is 1.78 bits per heavy atom. The third-order valence-corrected chi connectivity index (χ3v) is 6.34. The molecule has 106 valence electrons. The maximum absolute atomic E-state index is 3.95. The van der Waals surface area contributed by atoms with Crippen LogP contribution in [-0.4, -0.2) is 23.6 Å². The molecule has 18 heavy (non-hydrogen) atoms. The van der Waals surface area contributed by atoms with E-state index in [4.69, 9.17) is 0 Å². The third kappa shape index (κ3) is 4.45. The van der Waals surface area contributed by atoms with Crippen molar-refractivity contribution < 1.29 is 0 Å². The number of thioether (sulfide) groups is 1. The van der Waals surface area contributed by atoms with Crippen molar-refractivity contribution >= 4 is 11.8 Å². The molecule has 0 aromatic rings. The summed E-state index contributed by atoms with van der Waals surface area (Å²) in [4.78, 5) is 0. The van der Waals surface area contributed by atoms with Crippen LogP contribution in [0.15, 0.2) is 0 Å². The number of nitrogens with one attached hydrogen (secondary N) is 1. The normalized spacial score (nSPS) is 31.8. The maximum atomic E-state index is 3.95. The Labute approximate surface area is 118 Å². The summed E-state index contributed by atoms with van der Waals surface area (Å²) in [5.74, 6) is 3.59. The Hall–Kier alpha value is 0.310. The molecule has 2 rings (SSSR count). The lowest BCUT2D eigenvalue weighted by atomic mass is 9.86. The molecule has 0 bridgehead atoms. The highest BCUT2D eigenvalue weighted by molar-refractivity contribution is 7.99. The van der Waals surface area contributed by atoms with Gasteiger partial charge in [-0.2, -0.15) is 11.8 Å². The predicted molar refractivity (Wildman–Crippen MR) is 83.3 cm³/mol. The van der Waals surface area contributed by atoms with E-state index in [-0.39, 0.29) is 0 Å². The van der Waals surface area contributed by atoms with E-state index in [9.17, 15) is 0 Å². The molecular weight excluding hydrogens is 238 g/mol. The number of hydrogen-bond donors (Lipinski definition) is 1. The monoisotopic (exact) mass is 269 g/mol. The van der Waals surface area contributed by atoms with Gasteiger partial charge in [0.25, 0.3) is 0 Å². The summed E-state index contributed by atoms with van der Waals surface area (Å²) >= 11 is 2.14. The summed E-state index contributed by atoms with van der Waals surface area (Å²) < 4.78 is 0. The van der Waals surface area contributed by atoms with E-state index >= 15 is 0 Å². The van der Waals surface area contributed by atoms with E-state index in [1.165, 1.54) is 56.5 Å². The van der Waals surface area contributed by atoms with Crippen LogP contribution in [0.2, 0.25) is 0 Å². The van der Waals surface area contributed by atoms with Crippen LogP contribution in [0.1, 0.15) is 65.7 Å². The van der Waals surface area contributed by atoms with Crippen LogP contribution < -0.4 is 5.32 Å². The smallest absolute Gasteiger partial charge is 0.0166 e. The minimum atomic E-state index is 0.532. The van der Waals surface area contributed by atoms with Crippen molar-refractivity contribution in [2.45, 2.75) is 77.8 Å². The van der Waals surface area contributed by atoms with Gasteiger partial charge in [-0.15, -0.1) is 0 Å². The molecule has 2 atom stereocenters. The highest BCUT2D eigenvalue weighted by atomic mass is 32.2. The molecule has 1 saturated carbocycles. The maximum Gasteiger partial charge on any atom is 0.0166 e. The van der Waals surface area contributed by atoms with Gasteiger partial charge in [0.2, 0.25) is 0 Å². The second-order valence-corrected chi connectivity index (χ2v) is 8.32. The molecule has 2 aliphatic rings. The van der Waals surface area contributed by atoms with Gasteiger partial charge in [-0.1, -0.05) is 39.5 Å². The number of rotatable bonds is 3. The Balaban J connectivity index is 1.80. The van der Waals surface area contributed by atoms with Crippen molar-refractivity contribution in [3.8, 4) is 0 Å². The van der Waals surface area contributed by atoms with Gasteiger partial charge in [0.1, 0.15) is 0 Å². The van der Waals surface area contributed by atoms with Crippen LogP contribution in [0.25, 0.3) is 0 Å². The second kappa shape index (κ2) is 6.65. The van der Waals surface area contributed by atoms with Crippen LogP contribution in [0, 0.1) is 11.3 Å². The lowest BCUT2D eigenvalue weighted by Crippen LogP contribution is -2.46. The van der Waals surface area contributed by atoms with Gasteiger partial charge in [0.05, 0.1) is 0 Å². The van der Waals surface area contributed by atoms with E-state index in [1.54, 1.807) is 0 Å². The highest BCUT2D eigenvalue weighted by Crippen LogP contribution is 2.34. The Morgan fingerprint density at radius 1 is 1.11 bits per heavy atom. The molecule has 2 heteroatoms. The van der Waals surface area contributed by atoms with Crippen LogP contribution in [0.5, 0.6) is 0 Å². The molecule has 0 amide bonds. The summed E-state index contributed by atoms with van der Waals surface area (Å²) in [5, 5.41) is 3.95. The molecule has 2 fully saturated rings. The van der Waals surface area contributed by atoms with Crippen molar-refractivity contribution in [3.63, 3.8) is 0 Å². The summed E-state index contributed by atoms with van der Waals surface area (Å²) in [7, 11) is 0. The standard InChI is InChI=1S/C16H31NS/c1-13(14-8-6-4-5-7-9-14)17-15-10-16(2,3)12-18-11-15/h13-15,17H,4-12H2,1-3H3/t13-,15?/m0/s1. The van der Waals surface area contributed by atoms with E-state index in [1.807, 2.05) is 0 Å². The molecular formula is C16H31NS. The predicted octanol–water partition coefficient (Wildman–Crippen LogP) is 4.47. The molecule has 1 aliphatic heterocycles. The van der Waals surface area contributed by atoms with Gasteiger partial charge in [-0.25, -0.2) is 0 Å². The number of hydrogen-bond acceptors (Lipinski definition) is 2. The Bertz CT molecular complexity index is 243. The summed E-state index contributed by atoms with van der Waals surface area (Å²) in [5.41, 5.74) is 0.532. The van der Waals surface area contributed by atoms with Crippen molar-refractivity contribution in [1.82, 2.24) is 5.32 Å². The first kappa shape index (κ1) is 14.7. The minimum absolute atomic E-state index is 0.532. The van der Waals surface area contributed by atoms with Gasteiger partial charge in [0.15, 0.2) is 0 Å². The molecule has 1 nitrogen and oxygen atoms in total. The average molecular weight is 269 g/mol. The molecule has 0 aromatic carbocycles. The first-order valence-corrected chi connectivity index (χ1v) is 9.06. The van der Waals surface area contributed by atoms with Gasteiger partial charge < -0.3 is 5.32 Å². The molecule has 0 spiro atoms. The van der Waals surface area contributed by atoms with Gasteiger partial charge in [-0.3, -0.25) is 0 Å². The molecule has 1 unspecified atom stereocenters. The largest absolute Gasteiger partial charge is 0.310 e. The minimum Gasteiger partial charge on any atom is -0.310 e. The zero-order chi connectivity index (χ0) is 13.0. The van der Waals surface area contributed by atoms with E-state index in [0.29, 0.717) is 5.41 Å². The molecule has 0 radical (unpaired) electrons. The molecule has 1 aliphatic carbocycles. The van der Waals surface area contributed by atoms with Crippen molar-refractivity contribution in [2.24, 2.45) is 11.3 Å². The summed E-state index contributed by atoms with van der Waals surface area (Å²) in [6.45, 7) is 7.27. The highest BCUT2D eigenvalue weighted by Gasteiger charge is 2.30. The molecule has 1 heterocycles. The first-order valence-electron chi connectivity index (χ1n) is 7.91. The van der Waals surface area contributed by atoms with Crippen LogP contribution in [0.3, 0.4) is 0 Å². The van der Waals surface area contributed by atoms with Gasteiger partial charge in [-0.05, 0) is 43.3 Å². The van der Waals surface area contributed by atoms with E-state index in [2.05, 4.69) is 37.8 Å². The van der Waals surface area contributed by atoms with Crippen molar-refractivity contribution in [3.05, 3.63) is 0 Å². The van der Waals surface area contributed by atoms with Crippen molar-refractivity contribution in [1.29, 1.82) is 0 Å². The zero-order valence-corrected chi connectivity index (χ0v) is 13.3. The molecule has 1 saturated heterocycles. The molecule has 1 N–H and O–H groups in total. The lowest BCUT2D eigenvalue weighted by Gasteiger charge is -2.38. The topological polar surface area (TPSA) is 12.0 Å². The lowest BCUT2D eigenvalue weighted by molar-refractivity contribution is 0.262. The zero-order valence-electron chi connectivity index (χ0n) is 12.5. The Morgan fingerprint density at radius 3 is 2.39 bits per heavy atom. The summed E-state index contributed by atoms with van der Waals surface area (Å²) in [6, 6.07) is 1.47. The molecule has 0 aromatic heterocycles. The average Bonchev–Trinajstić information content (AvgIpc) is 2.55. The van der Waals surface area contributed by atoms with Crippen molar-refractivity contribution in [2.75, 3.05) is 11.5 Å². The van der Waals surface area contributed by atoms with Crippen LogP contribution >= 0.6 is 11.8 Å². The Kier molecular flexibility index (Phi) is 5.44. The fourth-order valence-electron chi connectivity index (χ4n) is 3.69. The quantitative estimate of drug-likeness (QED) is 0.759. The van der Waals surface area contributed by atoms with E-state index in [0.717, 1.165) is 18.0 Å². The third-order valence-electron chi connectivity index (χ3n) is 4.72. The SMILES string of the molecule is C[C@H](NC1CSCC(C)(C)C1)C1CCCCCC1. The van der Waals surface area contributed by atoms with E-state index < -0.39 is 0 Å².